The predicted octanol–water partition coefficient (Wildman–Crippen LogP) is 3.37. The molecule has 82 valence electrons. The largest absolute Gasteiger partial charge is 0.314 e. The standard InChI is InChI=1S/C13H25N/c1-4-7-12-8-5-6-9-13(12)10-14-11(2)3/h4,11-14H,1,5-10H2,2-3H3. The van der Waals surface area contributed by atoms with Gasteiger partial charge in [-0.2, -0.15) is 0 Å². The van der Waals surface area contributed by atoms with Gasteiger partial charge >= 0.3 is 0 Å². The van der Waals surface area contributed by atoms with Crippen LogP contribution in [0.25, 0.3) is 0 Å². The molecule has 1 nitrogen and oxygen atoms in total. The fourth-order valence-corrected chi connectivity index (χ4v) is 2.46. The van der Waals surface area contributed by atoms with E-state index in [1.807, 2.05) is 0 Å². The number of hydrogen-bond donors (Lipinski definition) is 1. The Morgan fingerprint density at radius 3 is 2.50 bits per heavy atom. The van der Waals surface area contributed by atoms with E-state index in [1.54, 1.807) is 0 Å². The Morgan fingerprint density at radius 2 is 1.93 bits per heavy atom. The van der Waals surface area contributed by atoms with Crippen LogP contribution in [0.4, 0.5) is 0 Å². The molecule has 1 saturated carbocycles. The molecule has 2 unspecified atom stereocenters. The first kappa shape index (κ1) is 11.8. The van der Waals surface area contributed by atoms with Crippen LogP contribution in [0.2, 0.25) is 0 Å². The molecule has 1 N–H and O–H groups in total. The van der Waals surface area contributed by atoms with Crippen molar-refractivity contribution < 1.29 is 0 Å². The molecule has 0 aromatic heterocycles. The maximum Gasteiger partial charge on any atom is 0.00104 e. The second kappa shape index (κ2) is 6.23. The lowest BCUT2D eigenvalue weighted by molar-refractivity contribution is 0.227. The smallest absolute Gasteiger partial charge is 0.00104 e. The Kier molecular flexibility index (Phi) is 5.24. The van der Waals surface area contributed by atoms with Gasteiger partial charge in [-0.1, -0.05) is 32.8 Å². The van der Waals surface area contributed by atoms with Crippen LogP contribution in [0.1, 0.15) is 46.0 Å². The van der Waals surface area contributed by atoms with E-state index in [4.69, 9.17) is 0 Å². The van der Waals surface area contributed by atoms with Crippen LogP contribution in [-0.2, 0) is 0 Å². The average molecular weight is 195 g/mol. The van der Waals surface area contributed by atoms with E-state index in [0.717, 1.165) is 11.8 Å². The Morgan fingerprint density at radius 1 is 1.29 bits per heavy atom. The minimum absolute atomic E-state index is 0.626. The van der Waals surface area contributed by atoms with E-state index in [9.17, 15) is 0 Å². The molecule has 0 heterocycles. The van der Waals surface area contributed by atoms with Gasteiger partial charge in [0.15, 0.2) is 0 Å². The van der Waals surface area contributed by atoms with Crippen LogP contribution in [0.3, 0.4) is 0 Å². The fourth-order valence-electron chi connectivity index (χ4n) is 2.46. The average Bonchev–Trinajstić information content (AvgIpc) is 2.17. The molecule has 0 bridgehead atoms. The van der Waals surface area contributed by atoms with Gasteiger partial charge in [-0.25, -0.2) is 0 Å². The lowest BCUT2D eigenvalue weighted by atomic mass is 9.77. The normalized spacial score (nSPS) is 27.9. The summed E-state index contributed by atoms with van der Waals surface area (Å²) in [6.07, 6.45) is 8.99. The first-order valence-corrected chi connectivity index (χ1v) is 6.08. The van der Waals surface area contributed by atoms with Crippen LogP contribution < -0.4 is 5.32 Å². The summed E-state index contributed by atoms with van der Waals surface area (Å²) in [5.41, 5.74) is 0. The van der Waals surface area contributed by atoms with Crippen molar-refractivity contribution in [2.75, 3.05) is 6.54 Å². The zero-order valence-electron chi connectivity index (χ0n) is 9.76. The van der Waals surface area contributed by atoms with E-state index >= 15 is 0 Å². The number of allylic oxidation sites excluding steroid dienone is 1. The van der Waals surface area contributed by atoms with Gasteiger partial charge in [0.05, 0.1) is 0 Å². The summed E-state index contributed by atoms with van der Waals surface area (Å²) in [7, 11) is 0. The Bertz CT molecular complexity index is 163. The van der Waals surface area contributed by atoms with Gasteiger partial charge in [0.2, 0.25) is 0 Å². The number of nitrogens with one attached hydrogen (secondary N) is 1. The van der Waals surface area contributed by atoms with Crippen molar-refractivity contribution in [3.8, 4) is 0 Å². The van der Waals surface area contributed by atoms with Gasteiger partial charge < -0.3 is 5.32 Å². The van der Waals surface area contributed by atoms with Gasteiger partial charge in [-0.05, 0) is 37.6 Å². The highest BCUT2D eigenvalue weighted by Crippen LogP contribution is 2.32. The molecule has 0 aromatic carbocycles. The molecule has 2 atom stereocenters. The van der Waals surface area contributed by atoms with Crippen molar-refractivity contribution in [3.05, 3.63) is 12.7 Å². The summed E-state index contributed by atoms with van der Waals surface area (Å²) in [6.45, 7) is 9.52. The Labute approximate surface area is 89.0 Å². The van der Waals surface area contributed by atoms with Crippen LogP contribution in [-0.4, -0.2) is 12.6 Å². The van der Waals surface area contributed by atoms with Crippen LogP contribution in [0.15, 0.2) is 12.7 Å². The zero-order chi connectivity index (χ0) is 10.4. The van der Waals surface area contributed by atoms with Crippen LogP contribution >= 0.6 is 0 Å². The molecule has 0 aromatic rings. The summed E-state index contributed by atoms with van der Waals surface area (Å²) >= 11 is 0. The third kappa shape index (κ3) is 3.83. The molecule has 1 heteroatoms. The molecule has 0 saturated heterocycles. The van der Waals surface area contributed by atoms with Crippen molar-refractivity contribution in [3.63, 3.8) is 0 Å². The monoisotopic (exact) mass is 195 g/mol. The molecule has 14 heavy (non-hydrogen) atoms. The van der Waals surface area contributed by atoms with E-state index in [2.05, 4.69) is 31.8 Å². The molecular formula is C13H25N. The van der Waals surface area contributed by atoms with Gasteiger partial charge in [0.25, 0.3) is 0 Å². The van der Waals surface area contributed by atoms with Gasteiger partial charge in [0, 0.05) is 6.04 Å². The molecule has 0 radical (unpaired) electrons. The SMILES string of the molecule is C=CCC1CCCCC1CNC(C)C. The van der Waals surface area contributed by atoms with Crippen molar-refractivity contribution in [2.24, 2.45) is 11.8 Å². The molecule has 1 aliphatic rings. The molecule has 1 fully saturated rings. The molecule has 0 aliphatic heterocycles. The fraction of sp³-hybridized carbons (Fsp3) is 0.846. The molecule has 1 rings (SSSR count). The van der Waals surface area contributed by atoms with Crippen molar-refractivity contribution in [1.82, 2.24) is 5.32 Å². The predicted molar refractivity (Wildman–Crippen MR) is 63.4 cm³/mol. The summed E-state index contributed by atoms with van der Waals surface area (Å²) < 4.78 is 0. The molecule has 0 spiro atoms. The first-order chi connectivity index (χ1) is 6.74. The van der Waals surface area contributed by atoms with Gasteiger partial charge in [-0.3, -0.25) is 0 Å². The van der Waals surface area contributed by atoms with Crippen molar-refractivity contribution in [2.45, 2.75) is 52.0 Å². The van der Waals surface area contributed by atoms with Crippen molar-refractivity contribution >= 4 is 0 Å². The molecule has 1 aliphatic carbocycles. The third-order valence-electron chi connectivity index (χ3n) is 3.32. The lowest BCUT2D eigenvalue weighted by Crippen LogP contribution is -2.34. The molecular weight excluding hydrogens is 170 g/mol. The number of hydrogen-bond acceptors (Lipinski definition) is 1. The first-order valence-electron chi connectivity index (χ1n) is 6.08. The highest BCUT2D eigenvalue weighted by molar-refractivity contribution is 4.83. The van der Waals surface area contributed by atoms with E-state index in [-0.39, 0.29) is 0 Å². The van der Waals surface area contributed by atoms with Crippen molar-refractivity contribution in [1.29, 1.82) is 0 Å². The second-order valence-electron chi connectivity index (χ2n) is 4.89. The summed E-state index contributed by atoms with van der Waals surface area (Å²) in [5, 5.41) is 3.57. The van der Waals surface area contributed by atoms with Crippen LogP contribution in [0.5, 0.6) is 0 Å². The Balaban J connectivity index is 2.33. The maximum atomic E-state index is 3.86. The molecule has 0 amide bonds. The number of rotatable bonds is 5. The van der Waals surface area contributed by atoms with E-state index in [1.165, 1.54) is 38.6 Å². The summed E-state index contributed by atoms with van der Waals surface area (Å²) in [5.74, 6) is 1.79. The highest BCUT2D eigenvalue weighted by Gasteiger charge is 2.23. The second-order valence-corrected chi connectivity index (χ2v) is 4.89. The van der Waals surface area contributed by atoms with Gasteiger partial charge in [0.1, 0.15) is 0 Å². The zero-order valence-corrected chi connectivity index (χ0v) is 9.76. The lowest BCUT2D eigenvalue weighted by Gasteiger charge is -2.31. The minimum Gasteiger partial charge on any atom is -0.314 e. The summed E-state index contributed by atoms with van der Waals surface area (Å²) in [4.78, 5) is 0. The van der Waals surface area contributed by atoms with Crippen LogP contribution in [0, 0.1) is 11.8 Å². The Hall–Kier alpha value is -0.300. The minimum atomic E-state index is 0.626. The topological polar surface area (TPSA) is 12.0 Å². The van der Waals surface area contributed by atoms with Gasteiger partial charge in [-0.15, -0.1) is 6.58 Å². The summed E-state index contributed by atoms with van der Waals surface area (Å²) in [6, 6.07) is 0.626. The van der Waals surface area contributed by atoms with E-state index < -0.39 is 0 Å². The van der Waals surface area contributed by atoms with E-state index in [0.29, 0.717) is 6.04 Å². The highest BCUT2D eigenvalue weighted by atomic mass is 14.9. The third-order valence-corrected chi connectivity index (χ3v) is 3.32. The quantitative estimate of drug-likeness (QED) is 0.663. The maximum absolute atomic E-state index is 3.86.